The first-order chi connectivity index (χ1) is 9.35. The molecule has 0 rings (SSSR count). The van der Waals surface area contributed by atoms with Gasteiger partial charge in [-0.05, 0) is 6.42 Å². The lowest BCUT2D eigenvalue weighted by molar-refractivity contribution is 0.0970. The molecule has 0 unspecified atom stereocenters. The van der Waals surface area contributed by atoms with Gasteiger partial charge in [-0.15, -0.1) is 12.3 Å². The molecule has 0 radical (unpaired) electrons. The third-order valence-electron chi connectivity index (χ3n) is 3.81. The van der Waals surface area contributed by atoms with E-state index >= 15 is 0 Å². The number of hydrogen-bond donors (Lipinski definition) is 0. The Morgan fingerprint density at radius 1 is 0.842 bits per heavy atom. The van der Waals surface area contributed by atoms with Crippen molar-refractivity contribution in [1.29, 1.82) is 0 Å². The van der Waals surface area contributed by atoms with E-state index in [2.05, 4.69) is 12.8 Å². The molecule has 1 atom stereocenters. The molecule has 0 aliphatic rings. The molecule has 0 bridgehead atoms. The third kappa shape index (κ3) is 13.7. The monoisotopic (exact) mass is 266 g/mol. The van der Waals surface area contributed by atoms with E-state index in [0.29, 0.717) is 0 Å². The number of ether oxygens (including phenoxy) is 1. The third-order valence-corrected chi connectivity index (χ3v) is 3.81. The van der Waals surface area contributed by atoms with Crippen molar-refractivity contribution < 1.29 is 4.74 Å². The molecule has 1 nitrogen and oxygen atoms in total. The maximum Gasteiger partial charge on any atom is 0.0680 e. The Balaban J connectivity index is 3.12. The van der Waals surface area contributed by atoms with Crippen molar-refractivity contribution in [3.05, 3.63) is 0 Å². The normalized spacial score (nSPS) is 12.3. The molecule has 0 aliphatic heterocycles. The second-order valence-corrected chi connectivity index (χ2v) is 5.59. The summed E-state index contributed by atoms with van der Waals surface area (Å²) >= 11 is 0. The summed E-state index contributed by atoms with van der Waals surface area (Å²) in [6.07, 6.45) is 22.8. The molecule has 0 aromatic rings. The van der Waals surface area contributed by atoms with Crippen LogP contribution >= 0.6 is 0 Å². The van der Waals surface area contributed by atoms with E-state index in [1.165, 1.54) is 70.6 Å². The van der Waals surface area contributed by atoms with Gasteiger partial charge in [0.15, 0.2) is 0 Å². The Labute approximate surface area is 121 Å². The van der Waals surface area contributed by atoms with Crippen LogP contribution in [0.25, 0.3) is 0 Å². The highest BCUT2D eigenvalue weighted by atomic mass is 16.5. The highest BCUT2D eigenvalue weighted by Gasteiger charge is 2.04. The fourth-order valence-corrected chi connectivity index (χ4v) is 2.47. The van der Waals surface area contributed by atoms with Crippen LogP contribution in [-0.4, -0.2) is 13.2 Å². The van der Waals surface area contributed by atoms with Gasteiger partial charge in [-0.2, -0.15) is 0 Å². The summed E-state index contributed by atoms with van der Waals surface area (Å²) in [6, 6.07) is 0. The first kappa shape index (κ1) is 18.5. The van der Waals surface area contributed by atoms with Crippen molar-refractivity contribution in [3.63, 3.8) is 0 Å². The lowest BCUT2D eigenvalue weighted by Crippen LogP contribution is -2.08. The van der Waals surface area contributed by atoms with E-state index in [1.807, 2.05) is 0 Å². The van der Waals surface area contributed by atoms with E-state index in [1.54, 1.807) is 7.11 Å². The van der Waals surface area contributed by atoms with Gasteiger partial charge in [0.1, 0.15) is 0 Å². The zero-order chi connectivity index (χ0) is 14.2. The summed E-state index contributed by atoms with van der Waals surface area (Å²) in [6.45, 7) is 2.28. The van der Waals surface area contributed by atoms with Gasteiger partial charge < -0.3 is 4.74 Å². The molecule has 0 saturated carbocycles. The lowest BCUT2D eigenvalue weighted by Gasteiger charge is -2.11. The molecule has 112 valence electrons. The SMILES string of the molecule is C#CC[C@H](CCCCCCCCCCCCC)OC. The van der Waals surface area contributed by atoms with Gasteiger partial charge in [0.2, 0.25) is 0 Å². The molecule has 0 N–H and O–H groups in total. The van der Waals surface area contributed by atoms with Crippen molar-refractivity contribution in [3.8, 4) is 12.3 Å². The van der Waals surface area contributed by atoms with Gasteiger partial charge >= 0.3 is 0 Å². The Morgan fingerprint density at radius 2 is 1.32 bits per heavy atom. The topological polar surface area (TPSA) is 9.23 Å². The molecule has 0 aliphatic carbocycles. The quantitative estimate of drug-likeness (QED) is 0.288. The summed E-state index contributed by atoms with van der Waals surface area (Å²) in [5, 5.41) is 0. The van der Waals surface area contributed by atoms with E-state index in [0.717, 1.165) is 12.8 Å². The number of methoxy groups -OCH3 is 1. The molecule has 1 heteroatoms. The summed E-state index contributed by atoms with van der Waals surface area (Å²) in [5.74, 6) is 2.68. The van der Waals surface area contributed by atoms with Crippen molar-refractivity contribution in [2.75, 3.05) is 7.11 Å². The predicted molar refractivity (Wildman–Crippen MR) is 85.3 cm³/mol. The standard InChI is InChI=1S/C18H34O/c1-4-6-7-8-9-10-11-12-13-14-15-17-18(19-3)16-5-2/h2,18H,4,6-17H2,1,3H3/t18-/m1/s1. The molecular weight excluding hydrogens is 232 g/mol. The van der Waals surface area contributed by atoms with Crippen LogP contribution in [0.15, 0.2) is 0 Å². The molecule has 0 spiro atoms. The fraction of sp³-hybridized carbons (Fsp3) is 0.889. The van der Waals surface area contributed by atoms with Gasteiger partial charge in [0.05, 0.1) is 6.10 Å². The van der Waals surface area contributed by atoms with Crippen LogP contribution in [0, 0.1) is 12.3 Å². The van der Waals surface area contributed by atoms with Gasteiger partial charge in [-0.1, -0.05) is 77.6 Å². The van der Waals surface area contributed by atoms with Crippen LogP contribution in [0.5, 0.6) is 0 Å². The van der Waals surface area contributed by atoms with Gasteiger partial charge in [-0.3, -0.25) is 0 Å². The predicted octanol–water partition coefficient (Wildman–Crippen LogP) is 5.73. The van der Waals surface area contributed by atoms with E-state index in [4.69, 9.17) is 11.2 Å². The smallest absolute Gasteiger partial charge is 0.0680 e. The van der Waals surface area contributed by atoms with Crippen molar-refractivity contribution >= 4 is 0 Å². The second kappa shape index (κ2) is 15.6. The van der Waals surface area contributed by atoms with Crippen molar-refractivity contribution in [1.82, 2.24) is 0 Å². The minimum atomic E-state index is 0.281. The van der Waals surface area contributed by atoms with E-state index in [9.17, 15) is 0 Å². The van der Waals surface area contributed by atoms with Gasteiger partial charge in [0, 0.05) is 13.5 Å². The summed E-state index contributed by atoms with van der Waals surface area (Å²) in [7, 11) is 1.76. The number of terminal acetylenes is 1. The maximum absolute atomic E-state index is 5.34. The Hall–Kier alpha value is -0.480. The summed E-state index contributed by atoms with van der Waals surface area (Å²) in [5.41, 5.74) is 0. The Morgan fingerprint density at radius 3 is 1.74 bits per heavy atom. The van der Waals surface area contributed by atoms with Crippen LogP contribution in [0.3, 0.4) is 0 Å². The number of rotatable bonds is 14. The summed E-state index contributed by atoms with van der Waals surface area (Å²) < 4.78 is 5.34. The van der Waals surface area contributed by atoms with Crippen LogP contribution in [-0.2, 0) is 4.74 Å². The molecule has 0 aromatic carbocycles. The summed E-state index contributed by atoms with van der Waals surface area (Å²) in [4.78, 5) is 0. The van der Waals surface area contributed by atoms with Crippen molar-refractivity contribution in [2.24, 2.45) is 0 Å². The maximum atomic E-state index is 5.34. The molecule has 0 heterocycles. The lowest BCUT2D eigenvalue weighted by atomic mass is 10.0. The molecule has 0 fully saturated rings. The highest BCUT2D eigenvalue weighted by molar-refractivity contribution is 4.87. The Kier molecular flexibility index (Phi) is 15.2. The van der Waals surface area contributed by atoms with Crippen LogP contribution in [0.1, 0.15) is 90.4 Å². The van der Waals surface area contributed by atoms with Gasteiger partial charge in [0.25, 0.3) is 0 Å². The zero-order valence-electron chi connectivity index (χ0n) is 13.3. The van der Waals surface area contributed by atoms with Crippen molar-refractivity contribution in [2.45, 2.75) is 96.5 Å². The highest BCUT2D eigenvalue weighted by Crippen LogP contribution is 2.13. The van der Waals surface area contributed by atoms with Crippen LogP contribution in [0.4, 0.5) is 0 Å². The minimum Gasteiger partial charge on any atom is -0.380 e. The Bertz CT molecular complexity index is 204. The van der Waals surface area contributed by atoms with Crippen LogP contribution < -0.4 is 0 Å². The minimum absolute atomic E-state index is 0.281. The first-order valence-corrected chi connectivity index (χ1v) is 8.31. The second-order valence-electron chi connectivity index (χ2n) is 5.59. The first-order valence-electron chi connectivity index (χ1n) is 8.31. The van der Waals surface area contributed by atoms with E-state index < -0.39 is 0 Å². The molecule has 0 saturated heterocycles. The molecular formula is C18H34O. The average Bonchev–Trinajstić information content (AvgIpc) is 2.43. The number of hydrogen-bond acceptors (Lipinski definition) is 1. The average molecular weight is 266 g/mol. The van der Waals surface area contributed by atoms with Gasteiger partial charge in [-0.25, -0.2) is 0 Å². The fourth-order valence-electron chi connectivity index (χ4n) is 2.47. The zero-order valence-corrected chi connectivity index (χ0v) is 13.3. The molecule has 0 amide bonds. The molecule has 19 heavy (non-hydrogen) atoms. The van der Waals surface area contributed by atoms with Crippen LogP contribution in [0.2, 0.25) is 0 Å². The van der Waals surface area contributed by atoms with E-state index in [-0.39, 0.29) is 6.10 Å². The number of unbranched alkanes of at least 4 members (excludes halogenated alkanes) is 10. The largest absolute Gasteiger partial charge is 0.380 e. The molecule has 0 aromatic heterocycles.